The van der Waals surface area contributed by atoms with E-state index in [9.17, 15) is 4.79 Å². The molecule has 0 fully saturated rings. The Balaban J connectivity index is 1.55. The van der Waals surface area contributed by atoms with E-state index in [0.29, 0.717) is 53.6 Å². The Hall–Kier alpha value is -3.45. The Morgan fingerprint density at radius 3 is 2.80 bits per heavy atom. The van der Waals surface area contributed by atoms with Gasteiger partial charge in [0.25, 0.3) is 5.91 Å². The first kappa shape index (κ1) is 19.8. The Morgan fingerprint density at radius 1 is 1.17 bits per heavy atom. The summed E-state index contributed by atoms with van der Waals surface area (Å²) in [6, 6.07) is 13.1. The van der Waals surface area contributed by atoms with Gasteiger partial charge in [-0.1, -0.05) is 22.9 Å². The summed E-state index contributed by atoms with van der Waals surface area (Å²) in [5, 5.41) is 7.75. The highest BCUT2D eigenvalue weighted by atomic mass is 16.5. The molecule has 0 saturated heterocycles. The molecule has 0 unspecified atom stereocenters. The highest BCUT2D eigenvalue weighted by Gasteiger charge is 2.17. The summed E-state index contributed by atoms with van der Waals surface area (Å²) in [6.07, 6.45) is 2.31. The van der Waals surface area contributed by atoms with Crippen LogP contribution in [0.25, 0.3) is 33.8 Å². The molecule has 0 aliphatic heterocycles. The van der Waals surface area contributed by atoms with Gasteiger partial charge in [-0.2, -0.15) is 0 Å². The van der Waals surface area contributed by atoms with E-state index in [-0.39, 0.29) is 5.91 Å². The van der Waals surface area contributed by atoms with E-state index in [0.717, 1.165) is 17.5 Å². The minimum Gasteiger partial charge on any atom is -0.444 e. The normalized spacial score (nSPS) is 11.1. The van der Waals surface area contributed by atoms with E-state index in [1.807, 2.05) is 38.1 Å². The molecule has 7 heteroatoms. The molecule has 2 heterocycles. The summed E-state index contributed by atoms with van der Waals surface area (Å²) in [6.45, 7) is 5.83. The Morgan fingerprint density at radius 2 is 2.00 bits per heavy atom. The lowest BCUT2D eigenvalue weighted by Crippen LogP contribution is -2.25. The summed E-state index contributed by atoms with van der Waals surface area (Å²) in [7, 11) is 0. The fourth-order valence-electron chi connectivity index (χ4n) is 3.10. The maximum atomic E-state index is 12.5. The van der Waals surface area contributed by atoms with Gasteiger partial charge in [0.05, 0.1) is 5.39 Å². The van der Waals surface area contributed by atoms with E-state index in [4.69, 9.17) is 13.7 Å². The monoisotopic (exact) mass is 405 g/mol. The molecule has 0 radical (unpaired) electrons. The maximum absolute atomic E-state index is 12.5. The number of carbonyl (C=O) groups excluding carboxylic acids is 1. The van der Waals surface area contributed by atoms with Crippen LogP contribution >= 0.6 is 0 Å². The number of rotatable bonds is 8. The van der Waals surface area contributed by atoms with Crippen molar-refractivity contribution in [1.29, 1.82) is 0 Å². The first-order chi connectivity index (χ1) is 14.7. The van der Waals surface area contributed by atoms with Gasteiger partial charge in [-0.05, 0) is 50.6 Å². The molecule has 0 bridgehead atoms. The van der Waals surface area contributed by atoms with Gasteiger partial charge in [-0.3, -0.25) is 4.79 Å². The van der Waals surface area contributed by atoms with Crippen LogP contribution in [0.3, 0.4) is 0 Å². The van der Waals surface area contributed by atoms with E-state index >= 15 is 0 Å². The van der Waals surface area contributed by atoms with Crippen LogP contribution in [-0.2, 0) is 4.74 Å². The molecule has 1 amide bonds. The Bertz CT molecular complexity index is 1140. The molecular formula is C23H23N3O4. The predicted molar refractivity (Wildman–Crippen MR) is 113 cm³/mol. The SMILES string of the molecule is CCOCCCNC(=O)c1ccc2onc(-c3coc(-c4ccc(C)cc4)n3)c2c1. The van der Waals surface area contributed by atoms with Gasteiger partial charge in [0.15, 0.2) is 5.58 Å². The number of aryl methyl sites for hydroxylation is 1. The molecular weight excluding hydrogens is 382 g/mol. The maximum Gasteiger partial charge on any atom is 0.251 e. The molecule has 0 aliphatic carbocycles. The number of oxazole rings is 1. The Kier molecular flexibility index (Phi) is 5.90. The fraction of sp³-hybridized carbons (Fsp3) is 0.261. The molecule has 2 aromatic carbocycles. The predicted octanol–water partition coefficient (Wildman–Crippen LogP) is 4.61. The van der Waals surface area contributed by atoms with Crippen LogP contribution in [0, 0.1) is 6.92 Å². The number of benzene rings is 2. The number of nitrogens with zero attached hydrogens (tertiary/aromatic N) is 2. The summed E-state index contributed by atoms with van der Waals surface area (Å²) >= 11 is 0. The molecule has 2 aromatic heterocycles. The largest absolute Gasteiger partial charge is 0.444 e. The van der Waals surface area contributed by atoms with Crippen molar-refractivity contribution in [2.24, 2.45) is 0 Å². The lowest BCUT2D eigenvalue weighted by molar-refractivity contribution is 0.0944. The van der Waals surface area contributed by atoms with Crippen LogP contribution in [-0.4, -0.2) is 35.8 Å². The van der Waals surface area contributed by atoms with Crippen LogP contribution in [0.5, 0.6) is 0 Å². The quantitative estimate of drug-likeness (QED) is 0.430. The Labute approximate surface area is 174 Å². The number of hydrogen-bond acceptors (Lipinski definition) is 6. The second-order valence-electron chi connectivity index (χ2n) is 6.95. The zero-order valence-electron chi connectivity index (χ0n) is 17.0. The zero-order chi connectivity index (χ0) is 20.9. The molecule has 30 heavy (non-hydrogen) atoms. The number of aromatic nitrogens is 2. The highest BCUT2D eigenvalue weighted by Crippen LogP contribution is 2.30. The minimum absolute atomic E-state index is 0.152. The zero-order valence-corrected chi connectivity index (χ0v) is 17.0. The van der Waals surface area contributed by atoms with Crippen LogP contribution in [0.1, 0.15) is 29.3 Å². The smallest absolute Gasteiger partial charge is 0.251 e. The molecule has 0 aliphatic rings. The average Bonchev–Trinajstić information content (AvgIpc) is 3.40. The molecule has 0 atom stereocenters. The van der Waals surface area contributed by atoms with Crippen molar-refractivity contribution in [3.8, 4) is 22.8 Å². The van der Waals surface area contributed by atoms with Crippen molar-refractivity contribution in [2.75, 3.05) is 19.8 Å². The van der Waals surface area contributed by atoms with Crippen LogP contribution in [0.4, 0.5) is 0 Å². The number of hydrogen-bond donors (Lipinski definition) is 1. The van der Waals surface area contributed by atoms with E-state index in [2.05, 4.69) is 15.5 Å². The summed E-state index contributed by atoms with van der Waals surface area (Å²) in [4.78, 5) is 17.0. The van der Waals surface area contributed by atoms with Crippen LogP contribution in [0.15, 0.2) is 57.7 Å². The lowest BCUT2D eigenvalue weighted by atomic mass is 10.1. The third kappa shape index (κ3) is 4.26. The van der Waals surface area contributed by atoms with Crippen molar-refractivity contribution < 1.29 is 18.5 Å². The van der Waals surface area contributed by atoms with E-state index in [1.54, 1.807) is 24.5 Å². The summed E-state index contributed by atoms with van der Waals surface area (Å²) < 4.78 is 16.3. The van der Waals surface area contributed by atoms with Gasteiger partial charge in [0, 0.05) is 30.9 Å². The number of fused-ring (bicyclic) bond motifs is 1. The third-order valence-electron chi connectivity index (χ3n) is 4.73. The summed E-state index contributed by atoms with van der Waals surface area (Å²) in [5.41, 5.74) is 4.25. The van der Waals surface area contributed by atoms with Gasteiger partial charge >= 0.3 is 0 Å². The van der Waals surface area contributed by atoms with Gasteiger partial charge < -0.3 is 19.0 Å². The van der Waals surface area contributed by atoms with Gasteiger partial charge in [-0.25, -0.2) is 4.98 Å². The molecule has 0 spiro atoms. The first-order valence-corrected chi connectivity index (χ1v) is 9.94. The second-order valence-corrected chi connectivity index (χ2v) is 6.95. The number of ether oxygens (including phenoxy) is 1. The molecule has 4 aromatic rings. The fourth-order valence-corrected chi connectivity index (χ4v) is 3.10. The van der Waals surface area contributed by atoms with Crippen molar-refractivity contribution in [3.05, 3.63) is 59.9 Å². The third-order valence-corrected chi connectivity index (χ3v) is 4.73. The van der Waals surface area contributed by atoms with Crippen LogP contribution < -0.4 is 5.32 Å². The molecule has 7 nitrogen and oxygen atoms in total. The molecule has 4 rings (SSSR count). The summed E-state index contributed by atoms with van der Waals surface area (Å²) in [5.74, 6) is 0.352. The van der Waals surface area contributed by atoms with Crippen molar-refractivity contribution >= 4 is 16.9 Å². The average molecular weight is 405 g/mol. The highest BCUT2D eigenvalue weighted by molar-refractivity contribution is 6.00. The van der Waals surface area contributed by atoms with Crippen molar-refractivity contribution in [1.82, 2.24) is 15.5 Å². The topological polar surface area (TPSA) is 90.4 Å². The standard InChI is InChI=1S/C23H23N3O4/c1-3-28-12-4-11-24-22(27)17-9-10-20-18(13-17)21(26-30-20)19-14-29-23(25-19)16-7-5-15(2)6-8-16/h5-10,13-14H,3-4,11-12H2,1-2H3,(H,24,27). The molecule has 154 valence electrons. The van der Waals surface area contributed by atoms with Gasteiger partial charge in [0.1, 0.15) is 17.7 Å². The molecule has 0 saturated carbocycles. The molecule has 1 N–H and O–H groups in total. The lowest BCUT2D eigenvalue weighted by Gasteiger charge is -2.05. The first-order valence-electron chi connectivity index (χ1n) is 9.94. The van der Waals surface area contributed by atoms with Crippen molar-refractivity contribution in [3.63, 3.8) is 0 Å². The van der Waals surface area contributed by atoms with E-state index in [1.165, 1.54) is 0 Å². The van der Waals surface area contributed by atoms with Crippen molar-refractivity contribution in [2.45, 2.75) is 20.3 Å². The number of carbonyl (C=O) groups is 1. The minimum atomic E-state index is -0.152. The second kappa shape index (κ2) is 8.92. The number of amides is 1. The van der Waals surface area contributed by atoms with Crippen LogP contribution in [0.2, 0.25) is 0 Å². The van der Waals surface area contributed by atoms with Gasteiger partial charge in [0.2, 0.25) is 5.89 Å². The van der Waals surface area contributed by atoms with E-state index < -0.39 is 0 Å². The number of nitrogens with one attached hydrogen (secondary N) is 1. The van der Waals surface area contributed by atoms with Gasteiger partial charge in [-0.15, -0.1) is 0 Å².